The van der Waals surface area contributed by atoms with Crippen molar-refractivity contribution in [3.05, 3.63) is 87.7 Å². The van der Waals surface area contributed by atoms with Crippen LogP contribution < -0.4 is 4.90 Å². The number of anilines is 1. The van der Waals surface area contributed by atoms with E-state index < -0.39 is 47.3 Å². The summed E-state index contributed by atoms with van der Waals surface area (Å²) in [5.41, 5.74) is -2.76. The van der Waals surface area contributed by atoms with Crippen molar-refractivity contribution in [3.63, 3.8) is 0 Å². The van der Waals surface area contributed by atoms with E-state index in [0.717, 1.165) is 17.7 Å². The Kier molecular flexibility index (Phi) is 10.4. The summed E-state index contributed by atoms with van der Waals surface area (Å²) in [5, 5.41) is 0. The molecule has 6 nitrogen and oxygen atoms in total. The van der Waals surface area contributed by atoms with Gasteiger partial charge in [-0.15, -0.1) is 0 Å². The molecule has 0 aliphatic carbocycles. The molecule has 0 bridgehead atoms. The van der Waals surface area contributed by atoms with Gasteiger partial charge in [-0.25, -0.2) is 14.8 Å². The summed E-state index contributed by atoms with van der Waals surface area (Å²) in [6.45, 7) is 6.94. The zero-order valence-corrected chi connectivity index (χ0v) is 26.9. The highest BCUT2D eigenvalue weighted by molar-refractivity contribution is 9.10. The molecule has 3 atom stereocenters. The van der Waals surface area contributed by atoms with E-state index >= 15 is 0 Å². The summed E-state index contributed by atoms with van der Waals surface area (Å²) in [6, 6.07) is 9.95. The number of ether oxygens (including phenoxy) is 1. The Morgan fingerprint density at radius 3 is 1.98 bits per heavy atom. The molecule has 4 rings (SSSR count). The van der Waals surface area contributed by atoms with Gasteiger partial charge in [0.25, 0.3) is 0 Å². The Hall–Kier alpha value is -3.35. The predicted molar refractivity (Wildman–Crippen MR) is 161 cm³/mol. The molecule has 1 fully saturated rings. The van der Waals surface area contributed by atoms with E-state index in [1.165, 1.54) is 12.4 Å². The van der Waals surface area contributed by atoms with Crippen LogP contribution in [0.4, 0.5) is 37.1 Å². The summed E-state index contributed by atoms with van der Waals surface area (Å²) in [5.74, 6) is 0.146. The first kappa shape index (κ1) is 34.5. The molecule has 45 heavy (non-hydrogen) atoms. The summed E-state index contributed by atoms with van der Waals surface area (Å²) in [4.78, 5) is 25.7. The number of benzene rings is 2. The molecule has 3 aromatic rings. The maximum atomic E-state index is 13.7. The van der Waals surface area contributed by atoms with Crippen LogP contribution in [0.2, 0.25) is 0 Å². The SMILES string of the molecule is CCC1C[C@@H](N(Cc2cc(C(F)(F)F)cc(C(F)(F)F)c2)c2ncc(Br)cn2)C[C@@H](Cc2ccccc2)N1C(=O)OC(C)(C)C. The number of alkyl halides is 6. The largest absolute Gasteiger partial charge is 0.444 e. The molecular formula is C32H35BrF6N4O2. The molecule has 13 heteroatoms. The van der Waals surface area contributed by atoms with Gasteiger partial charge in [0, 0.05) is 37.1 Å². The topological polar surface area (TPSA) is 58.6 Å². The maximum Gasteiger partial charge on any atom is 0.416 e. The quantitative estimate of drug-likeness (QED) is 0.230. The molecule has 2 aromatic carbocycles. The number of halogens is 7. The van der Waals surface area contributed by atoms with Crippen LogP contribution in [0.3, 0.4) is 0 Å². The van der Waals surface area contributed by atoms with Crippen molar-refractivity contribution < 1.29 is 35.9 Å². The Balaban J connectivity index is 1.79. The monoisotopic (exact) mass is 700 g/mol. The molecule has 1 aliphatic rings. The van der Waals surface area contributed by atoms with Crippen LogP contribution in [0.15, 0.2) is 65.4 Å². The van der Waals surface area contributed by atoms with Gasteiger partial charge >= 0.3 is 18.4 Å². The Morgan fingerprint density at radius 1 is 0.911 bits per heavy atom. The van der Waals surface area contributed by atoms with Crippen LogP contribution in [0.25, 0.3) is 0 Å². The molecule has 2 heterocycles. The molecule has 1 aliphatic heterocycles. The van der Waals surface area contributed by atoms with Crippen molar-refractivity contribution in [1.29, 1.82) is 0 Å². The fourth-order valence-corrected chi connectivity index (χ4v) is 5.88. The van der Waals surface area contributed by atoms with E-state index in [2.05, 4.69) is 25.9 Å². The third-order valence-electron chi connectivity index (χ3n) is 7.57. The highest BCUT2D eigenvalue weighted by atomic mass is 79.9. The van der Waals surface area contributed by atoms with Gasteiger partial charge < -0.3 is 14.5 Å². The summed E-state index contributed by atoms with van der Waals surface area (Å²) < 4.78 is 88.7. The number of rotatable bonds is 7. The Morgan fingerprint density at radius 2 is 1.47 bits per heavy atom. The van der Waals surface area contributed by atoms with Gasteiger partial charge in [0.1, 0.15) is 5.60 Å². The van der Waals surface area contributed by atoms with Crippen LogP contribution in [0.5, 0.6) is 0 Å². The molecular weight excluding hydrogens is 666 g/mol. The number of likely N-dealkylation sites (tertiary alicyclic amines) is 1. The van der Waals surface area contributed by atoms with Gasteiger partial charge in [0.15, 0.2) is 0 Å². The van der Waals surface area contributed by atoms with Crippen LogP contribution in [0, 0.1) is 0 Å². The smallest absolute Gasteiger partial charge is 0.416 e. The molecule has 1 saturated heterocycles. The van der Waals surface area contributed by atoms with E-state index in [4.69, 9.17) is 4.74 Å². The van der Waals surface area contributed by atoms with E-state index in [0.29, 0.717) is 30.2 Å². The van der Waals surface area contributed by atoms with E-state index in [1.807, 2.05) is 37.3 Å². The third-order valence-corrected chi connectivity index (χ3v) is 7.98. The third kappa shape index (κ3) is 9.11. The highest BCUT2D eigenvalue weighted by Crippen LogP contribution is 2.38. The second-order valence-corrected chi connectivity index (χ2v) is 13.1. The minimum atomic E-state index is -4.98. The predicted octanol–water partition coefficient (Wildman–Crippen LogP) is 9.07. The molecule has 1 aromatic heterocycles. The first-order chi connectivity index (χ1) is 20.9. The van der Waals surface area contributed by atoms with Crippen LogP contribution in [0.1, 0.15) is 69.2 Å². The van der Waals surface area contributed by atoms with Gasteiger partial charge in [-0.05, 0) is 91.7 Å². The summed E-state index contributed by atoms with van der Waals surface area (Å²) in [6.07, 6.45) is -5.80. The van der Waals surface area contributed by atoms with Crippen molar-refractivity contribution >= 4 is 28.0 Å². The number of nitrogens with zero attached hydrogens (tertiary/aromatic N) is 4. The lowest BCUT2D eigenvalue weighted by Crippen LogP contribution is -2.58. The van der Waals surface area contributed by atoms with Crippen molar-refractivity contribution in [2.45, 2.75) is 96.0 Å². The molecule has 0 saturated carbocycles. The average molecular weight is 702 g/mol. The molecule has 0 N–H and O–H groups in total. The van der Waals surface area contributed by atoms with Crippen molar-refractivity contribution in [2.75, 3.05) is 4.90 Å². The van der Waals surface area contributed by atoms with Crippen LogP contribution >= 0.6 is 15.9 Å². The Bertz CT molecular complexity index is 1410. The normalized spacial score (nSPS) is 19.4. The van der Waals surface area contributed by atoms with Gasteiger partial charge in [0.05, 0.1) is 15.6 Å². The highest BCUT2D eigenvalue weighted by Gasteiger charge is 2.43. The fourth-order valence-electron chi connectivity index (χ4n) is 5.67. The maximum absolute atomic E-state index is 13.7. The lowest BCUT2D eigenvalue weighted by Gasteiger charge is -2.48. The number of amides is 1. The van der Waals surface area contributed by atoms with Crippen molar-refractivity contribution in [3.8, 4) is 0 Å². The zero-order valence-electron chi connectivity index (χ0n) is 25.3. The first-order valence-electron chi connectivity index (χ1n) is 14.5. The average Bonchev–Trinajstić information content (AvgIpc) is 2.94. The van der Waals surface area contributed by atoms with Crippen LogP contribution in [-0.2, 0) is 30.1 Å². The standard InChI is InChI=1S/C32H35BrF6N4O2/c1-5-25-15-26(16-27(13-20-9-7-6-8-10-20)43(25)29(44)45-30(2,3)4)42(28-40-17-24(33)18-41-28)19-21-11-22(31(34,35)36)14-23(12-21)32(37,38)39/h6-12,14,17-18,25-27H,5,13,15-16,19H2,1-4H3/t25?,26-,27-/m1/s1. The second-order valence-electron chi connectivity index (χ2n) is 12.2. The molecule has 1 unspecified atom stereocenters. The van der Waals surface area contributed by atoms with Gasteiger partial charge in [0.2, 0.25) is 5.95 Å². The number of carbonyl (C=O) groups excluding carboxylic acids is 1. The van der Waals surface area contributed by atoms with E-state index in [-0.39, 0.29) is 30.2 Å². The molecule has 244 valence electrons. The fraction of sp³-hybridized carbons (Fsp3) is 0.469. The minimum Gasteiger partial charge on any atom is -0.444 e. The molecule has 0 radical (unpaired) electrons. The number of aromatic nitrogens is 2. The van der Waals surface area contributed by atoms with E-state index in [1.54, 1.807) is 30.6 Å². The Labute approximate surface area is 266 Å². The lowest BCUT2D eigenvalue weighted by atomic mass is 9.86. The number of piperidine rings is 1. The lowest BCUT2D eigenvalue weighted by molar-refractivity contribution is -0.143. The van der Waals surface area contributed by atoms with Crippen LogP contribution in [-0.4, -0.2) is 44.7 Å². The number of carbonyl (C=O) groups is 1. The summed E-state index contributed by atoms with van der Waals surface area (Å²) >= 11 is 3.28. The second kappa shape index (κ2) is 13.6. The van der Waals surface area contributed by atoms with Gasteiger partial charge in [-0.3, -0.25) is 0 Å². The first-order valence-corrected chi connectivity index (χ1v) is 15.3. The zero-order chi connectivity index (χ0) is 33.2. The number of hydrogen-bond acceptors (Lipinski definition) is 5. The van der Waals surface area contributed by atoms with Gasteiger partial charge in [-0.1, -0.05) is 37.3 Å². The molecule has 1 amide bonds. The number of hydrogen-bond donors (Lipinski definition) is 0. The van der Waals surface area contributed by atoms with Crippen molar-refractivity contribution in [1.82, 2.24) is 14.9 Å². The molecule has 0 spiro atoms. The van der Waals surface area contributed by atoms with Crippen molar-refractivity contribution in [2.24, 2.45) is 0 Å². The van der Waals surface area contributed by atoms with E-state index in [9.17, 15) is 31.1 Å². The minimum absolute atomic E-state index is 0.117. The summed E-state index contributed by atoms with van der Waals surface area (Å²) in [7, 11) is 0. The van der Waals surface area contributed by atoms with Gasteiger partial charge in [-0.2, -0.15) is 26.3 Å².